The summed E-state index contributed by atoms with van der Waals surface area (Å²) in [5.74, 6) is -1.47. The van der Waals surface area contributed by atoms with Crippen LogP contribution in [0.15, 0.2) is 36.4 Å². The van der Waals surface area contributed by atoms with Gasteiger partial charge in [-0.2, -0.15) is 52.7 Å². The summed E-state index contributed by atoms with van der Waals surface area (Å²) in [5, 5.41) is 19.3. The summed E-state index contributed by atoms with van der Waals surface area (Å²) >= 11 is 0. The zero-order chi connectivity index (χ0) is 28.3. The molecule has 0 aliphatic carbocycles. The van der Waals surface area contributed by atoms with E-state index in [0.717, 1.165) is 19.1 Å². The Bertz CT molecular complexity index is 1000. The number of nitrogens with two attached hydrogens (primary N) is 2. The van der Waals surface area contributed by atoms with Crippen LogP contribution in [0, 0.1) is 0 Å². The summed E-state index contributed by atoms with van der Waals surface area (Å²) in [6.45, 7) is 1.02. The molecule has 6 N–H and O–H groups in total. The zero-order valence-corrected chi connectivity index (χ0v) is 17.6. The molecule has 2 rings (SSSR count). The molecule has 2 aromatic rings. The van der Waals surface area contributed by atoms with E-state index in [0.29, 0.717) is 12.1 Å². The lowest BCUT2D eigenvalue weighted by Crippen LogP contribution is -2.54. The van der Waals surface area contributed by atoms with Crippen LogP contribution < -0.4 is 11.5 Å². The molecule has 2 aromatic carbocycles. The Morgan fingerprint density at radius 2 is 0.806 bits per heavy atom. The molecule has 0 aromatic heterocycles. The third kappa shape index (κ3) is 4.51. The number of halogens is 12. The van der Waals surface area contributed by atoms with Crippen molar-refractivity contribution in [1.29, 1.82) is 0 Å². The number of anilines is 2. The van der Waals surface area contributed by atoms with E-state index in [1.54, 1.807) is 0 Å². The molecule has 36 heavy (non-hydrogen) atoms. The van der Waals surface area contributed by atoms with Crippen LogP contribution in [0.25, 0.3) is 0 Å². The topological polar surface area (TPSA) is 92.5 Å². The highest BCUT2D eigenvalue weighted by Gasteiger charge is 2.73. The van der Waals surface area contributed by atoms with Crippen LogP contribution in [0.1, 0.15) is 35.1 Å². The number of alkyl halides is 12. The van der Waals surface area contributed by atoms with Crippen LogP contribution in [0.3, 0.4) is 0 Å². The smallest absolute Gasteiger partial charge is 0.398 e. The van der Waals surface area contributed by atoms with Gasteiger partial charge in [0.25, 0.3) is 11.2 Å². The van der Waals surface area contributed by atoms with Crippen molar-refractivity contribution >= 4 is 11.4 Å². The summed E-state index contributed by atoms with van der Waals surface area (Å²) in [6, 6.07) is 3.15. The van der Waals surface area contributed by atoms with E-state index in [4.69, 9.17) is 11.5 Å². The van der Waals surface area contributed by atoms with Crippen LogP contribution in [0.2, 0.25) is 0 Å². The van der Waals surface area contributed by atoms with E-state index in [1.807, 2.05) is 0 Å². The number of rotatable bonds is 4. The molecule has 0 bridgehead atoms. The number of aliphatic hydroxyl groups is 2. The lowest BCUT2D eigenvalue weighted by molar-refractivity contribution is -0.376. The normalized spacial score (nSPS) is 14.4. The van der Waals surface area contributed by atoms with Crippen LogP contribution in [0.4, 0.5) is 64.1 Å². The van der Waals surface area contributed by atoms with Crippen molar-refractivity contribution in [3.8, 4) is 0 Å². The maximum Gasteiger partial charge on any atom is 0.430 e. The Hall–Kier alpha value is -2.88. The van der Waals surface area contributed by atoms with Crippen molar-refractivity contribution in [1.82, 2.24) is 0 Å². The molecule has 16 heteroatoms. The minimum Gasteiger partial charge on any atom is -0.398 e. The highest BCUT2D eigenvalue weighted by molar-refractivity contribution is 5.57. The van der Waals surface area contributed by atoms with Crippen molar-refractivity contribution in [2.45, 2.75) is 48.7 Å². The minimum absolute atomic E-state index is 0.177. The molecule has 0 heterocycles. The largest absolute Gasteiger partial charge is 0.430 e. The molecule has 202 valence electrons. The monoisotopic (exact) mass is 544 g/mol. The molecule has 0 unspecified atom stereocenters. The first kappa shape index (κ1) is 29.4. The van der Waals surface area contributed by atoms with Gasteiger partial charge in [0.15, 0.2) is 0 Å². The maximum absolute atomic E-state index is 13.3. The van der Waals surface area contributed by atoms with Crippen LogP contribution >= 0.6 is 0 Å². The fraction of sp³-hybridized carbons (Fsp3) is 0.400. The van der Waals surface area contributed by atoms with Gasteiger partial charge in [-0.3, -0.25) is 0 Å². The van der Waals surface area contributed by atoms with Crippen LogP contribution in [-0.2, 0) is 11.2 Å². The quantitative estimate of drug-likeness (QED) is 0.297. The lowest BCUT2D eigenvalue weighted by Gasteiger charge is -2.34. The van der Waals surface area contributed by atoms with Gasteiger partial charge in [-0.15, -0.1) is 0 Å². The van der Waals surface area contributed by atoms with Gasteiger partial charge in [-0.1, -0.05) is 19.1 Å². The molecule has 0 saturated carbocycles. The predicted octanol–water partition coefficient (Wildman–Crippen LogP) is 5.63. The number of hydrogen-bond acceptors (Lipinski definition) is 4. The molecule has 0 spiro atoms. The van der Waals surface area contributed by atoms with Gasteiger partial charge in [0.2, 0.25) is 0 Å². The Labute approximate surface area is 194 Å². The molecule has 0 aliphatic heterocycles. The first-order chi connectivity index (χ1) is 15.9. The molecule has 0 atom stereocenters. The highest BCUT2D eigenvalue weighted by atomic mass is 19.4. The second-order valence-electron chi connectivity index (χ2n) is 7.83. The highest BCUT2D eigenvalue weighted by Crippen LogP contribution is 2.53. The first-order valence-corrected chi connectivity index (χ1v) is 9.42. The zero-order valence-electron chi connectivity index (χ0n) is 17.6. The molecule has 0 radical (unpaired) electrons. The van der Waals surface area contributed by atoms with Gasteiger partial charge in [-0.25, -0.2) is 0 Å². The third-order valence-corrected chi connectivity index (χ3v) is 5.58. The summed E-state index contributed by atoms with van der Waals surface area (Å²) < 4.78 is 160. The van der Waals surface area contributed by atoms with Crippen molar-refractivity contribution in [3.63, 3.8) is 0 Å². The molecule has 0 amide bonds. The van der Waals surface area contributed by atoms with Crippen LogP contribution in [0.5, 0.6) is 0 Å². The fourth-order valence-corrected chi connectivity index (χ4v) is 3.44. The van der Waals surface area contributed by atoms with Crippen molar-refractivity contribution in [3.05, 3.63) is 58.7 Å². The first-order valence-electron chi connectivity index (χ1n) is 9.42. The van der Waals surface area contributed by atoms with E-state index in [1.165, 1.54) is 0 Å². The van der Waals surface area contributed by atoms with E-state index < -0.39 is 75.5 Å². The molecular weight excluding hydrogens is 528 g/mol. The molecule has 0 aliphatic rings. The minimum atomic E-state index is -6.31. The third-order valence-electron chi connectivity index (χ3n) is 5.58. The Balaban J connectivity index is 2.75. The standard InChI is InChI=1S/C20H16F12N2O2/c1-8(9-2-4-13(33)11(6-9)15(35,17(21,22)23)18(24,25)26)10-3-5-14(34)12(7-10)16(36,19(27,28)29)20(30,31)32/h2-8,35-36H,33-34H2,1H3. The van der Waals surface area contributed by atoms with Gasteiger partial charge in [0.1, 0.15) is 0 Å². The molecule has 0 saturated heterocycles. The molecule has 0 fully saturated rings. The molecular formula is C20H16F12N2O2. The summed E-state index contributed by atoms with van der Waals surface area (Å²) in [7, 11) is 0. The number of benzene rings is 2. The SMILES string of the molecule is CC(c1ccc(N)c(C(O)(C(F)(F)F)C(F)(F)F)c1)c1ccc(N)c(C(O)(C(F)(F)F)C(F)(F)F)c1. The van der Waals surface area contributed by atoms with E-state index in [9.17, 15) is 62.9 Å². The maximum atomic E-state index is 13.3. The van der Waals surface area contributed by atoms with Crippen molar-refractivity contribution in [2.24, 2.45) is 0 Å². The van der Waals surface area contributed by atoms with Gasteiger partial charge in [0, 0.05) is 28.4 Å². The second-order valence-corrected chi connectivity index (χ2v) is 7.83. The molecule has 4 nitrogen and oxygen atoms in total. The van der Waals surface area contributed by atoms with Gasteiger partial charge in [-0.05, 0) is 35.4 Å². The van der Waals surface area contributed by atoms with Crippen LogP contribution in [-0.4, -0.2) is 34.9 Å². The van der Waals surface area contributed by atoms with E-state index in [2.05, 4.69) is 0 Å². The average molecular weight is 544 g/mol. The average Bonchev–Trinajstić information content (AvgIpc) is 2.69. The van der Waals surface area contributed by atoms with Gasteiger partial charge >= 0.3 is 24.7 Å². The number of hydrogen-bond donors (Lipinski definition) is 4. The Morgan fingerprint density at radius 3 is 1.03 bits per heavy atom. The Kier molecular flexibility index (Phi) is 7.02. The number of nitrogen functional groups attached to an aromatic ring is 2. The van der Waals surface area contributed by atoms with E-state index in [-0.39, 0.29) is 12.1 Å². The van der Waals surface area contributed by atoms with Crippen molar-refractivity contribution < 1.29 is 62.9 Å². The summed E-state index contributed by atoms with van der Waals surface area (Å²) in [6.07, 6.45) is -25.3. The summed E-state index contributed by atoms with van der Waals surface area (Å²) in [5.41, 5.74) is -7.43. The Morgan fingerprint density at radius 1 is 0.556 bits per heavy atom. The van der Waals surface area contributed by atoms with Crippen molar-refractivity contribution in [2.75, 3.05) is 11.5 Å². The fourth-order valence-electron chi connectivity index (χ4n) is 3.44. The van der Waals surface area contributed by atoms with Gasteiger partial charge in [0.05, 0.1) is 0 Å². The van der Waals surface area contributed by atoms with Gasteiger partial charge < -0.3 is 21.7 Å². The van der Waals surface area contributed by atoms with E-state index >= 15 is 0 Å². The summed E-state index contributed by atoms with van der Waals surface area (Å²) in [4.78, 5) is 0. The lowest BCUT2D eigenvalue weighted by atomic mass is 9.83. The second kappa shape index (κ2) is 8.61. The predicted molar refractivity (Wildman–Crippen MR) is 101 cm³/mol.